The van der Waals surface area contributed by atoms with Gasteiger partial charge in [-0.25, -0.2) is 0 Å². The molecular formula is C18H18N2O2. The molecule has 0 N–H and O–H groups in total. The minimum absolute atomic E-state index is 0.226. The van der Waals surface area contributed by atoms with E-state index in [9.17, 15) is 4.79 Å². The lowest BCUT2D eigenvalue weighted by atomic mass is 10.00. The second-order valence-electron chi connectivity index (χ2n) is 5.35. The fourth-order valence-electron chi connectivity index (χ4n) is 2.57. The number of aromatic nitrogens is 2. The van der Waals surface area contributed by atoms with Crippen molar-refractivity contribution < 1.29 is 9.53 Å². The SMILES string of the molecule is COC(=O)C(C)c1ccc2c(cnn2Cc2ccccc2)c1. The standard InChI is InChI=1S/C18H18N2O2/c1-13(18(21)22-2)15-8-9-17-16(10-15)11-19-20(17)12-14-6-4-3-5-7-14/h3-11,13H,12H2,1-2H3. The number of carbonyl (C=O) groups excluding carboxylic acids is 1. The Hall–Kier alpha value is -2.62. The highest BCUT2D eigenvalue weighted by atomic mass is 16.5. The normalized spacial score (nSPS) is 12.3. The number of methoxy groups -OCH3 is 1. The summed E-state index contributed by atoms with van der Waals surface area (Å²) in [5, 5.41) is 5.49. The molecule has 4 heteroatoms. The molecule has 22 heavy (non-hydrogen) atoms. The van der Waals surface area contributed by atoms with Crippen molar-refractivity contribution >= 4 is 16.9 Å². The van der Waals surface area contributed by atoms with Crippen molar-refractivity contribution in [3.8, 4) is 0 Å². The molecule has 4 nitrogen and oxygen atoms in total. The maximum atomic E-state index is 11.7. The van der Waals surface area contributed by atoms with Crippen molar-refractivity contribution in [1.29, 1.82) is 0 Å². The van der Waals surface area contributed by atoms with Crippen LogP contribution in [-0.4, -0.2) is 22.9 Å². The van der Waals surface area contributed by atoms with Crippen LogP contribution in [0.5, 0.6) is 0 Å². The van der Waals surface area contributed by atoms with E-state index in [0.29, 0.717) is 0 Å². The number of ether oxygens (including phenoxy) is 1. The molecule has 0 radical (unpaired) electrons. The lowest BCUT2D eigenvalue weighted by molar-refractivity contribution is -0.141. The van der Waals surface area contributed by atoms with Crippen molar-refractivity contribution in [2.24, 2.45) is 0 Å². The summed E-state index contributed by atoms with van der Waals surface area (Å²) in [5.41, 5.74) is 3.21. The first kappa shape index (κ1) is 14.3. The van der Waals surface area contributed by atoms with E-state index >= 15 is 0 Å². The van der Waals surface area contributed by atoms with Gasteiger partial charge in [-0.2, -0.15) is 5.10 Å². The van der Waals surface area contributed by atoms with Crippen LogP contribution in [0, 0.1) is 0 Å². The Balaban J connectivity index is 1.91. The van der Waals surface area contributed by atoms with Gasteiger partial charge < -0.3 is 4.74 Å². The predicted molar refractivity (Wildman–Crippen MR) is 85.7 cm³/mol. The van der Waals surface area contributed by atoms with E-state index in [2.05, 4.69) is 17.2 Å². The maximum absolute atomic E-state index is 11.7. The van der Waals surface area contributed by atoms with Gasteiger partial charge in [-0.3, -0.25) is 9.48 Å². The van der Waals surface area contributed by atoms with Crippen LogP contribution in [0.25, 0.3) is 10.9 Å². The van der Waals surface area contributed by atoms with E-state index in [1.54, 1.807) is 0 Å². The van der Waals surface area contributed by atoms with Gasteiger partial charge in [0.2, 0.25) is 0 Å². The van der Waals surface area contributed by atoms with E-state index in [0.717, 1.165) is 23.0 Å². The summed E-state index contributed by atoms with van der Waals surface area (Å²) in [6, 6.07) is 16.2. The number of carbonyl (C=O) groups is 1. The lowest BCUT2D eigenvalue weighted by Crippen LogP contribution is -2.10. The predicted octanol–water partition coefficient (Wildman–Crippen LogP) is 3.36. The number of fused-ring (bicyclic) bond motifs is 1. The second kappa shape index (κ2) is 6.02. The van der Waals surface area contributed by atoms with E-state index in [-0.39, 0.29) is 11.9 Å². The summed E-state index contributed by atoms with van der Waals surface area (Å²) in [4.78, 5) is 11.7. The monoisotopic (exact) mass is 294 g/mol. The molecular weight excluding hydrogens is 276 g/mol. The number of rotatable bonds is 4. The summed E-state index contributed by atoms with van der Waals surface area (Å²) >= 11 is 0. The number of hydrogen-bond donors (Lipinski definition) is 0. The Morgan fingerprint density at radius 2 is 2.00 bits per heavy atom. The van der Waals surface area contributed by atoms with Crippen LogP contribution in [-0.2, 0) is 16.1 Å². The van der Waals surface area contributed by atoms with Crippen LogP contribution in [0.1, 0.15) is 24.0 Å². The molecule has 1 aromatic heterocycles. The quantitative estimate of drug-likeness (QED) is 0.693. The van der Waals surface area contributed by atoms with Crippen LogP contribution in [0.4, 0.5) is 0 Å². The van der Waals surface area contributed by atoms with Gasteiger partial charge in [-0.15, -0.1) is 0 Å². The van der Waals surface area contributed by atoms with Gasteiger partial charge >= 0.3 is 5.97 Å². The largest absolute Gasteiger partial charge is 0.469 e. The first-order chi connectivity index (χ1) is 10.7. The molecule has 0 fully saturated rings. The Labute approximate surface area is 129 Å². The summed E-state index contributed by atoms with van der Waals surface area (Å²) in [5.74, 6) is -0.497. The second-order valence-corrected chi connectivity index (χ2v) is 5.35. The molecule has 0 amide bonds. The van der Waals surface area contributed by atoms with Crippen molar-refractivity contribution in [1.82, 2.24) is 9.78 Å². The first-order valence-electron chi connectivity index (χ1n) is 7.26. The molecule has 0 aliphatic heterocycles. The summed E-state index contributed by atoms with van der Waals surface area (Å²) in [7, 11) is 1.41. The molecule has 0 saturated carbocycles. The molecule has 0 aliphatic carbocycles. The van der Waals surface area contributed by atoms with Crippen LogP contribution in [0.2, 0.25) is 0 Å². The Morgan fingerprint density at radius 1 is 1.23 bits per heavy atom. The zero-order valence-corrected chi connectivity index (χ0v) is 12.7. The number of esters is 1. The molecule has 0 aliphatic rings. The Morgan fingerprint density at radius 3 is 2.73 bits per heavy atom. The van der Waals surface area contributed by atoms with E-state index in [4.69, 9.17) is 4.74 Å². The van der Waals surface area contributed by atoms with Crippen LogP contribution in [0.15, 0.2) is 54.7 Å². The molecule has 0 bridgehead atoms. The fourth-order valence-corrected chi connectivity index (χ4v) is 2.57. The maximum Gasteiger partial charge on any atom is 0.312 e. The molecule has 1 atom stereocenters. The van der Waals surface area contributed by atoms with Crippen LogP contribution < -0.4 is 0 Å². The highest BCUT2D eigenvalue weighted by molar-refractivity contribution is 5.83. The highest BCUT2D eigenvalue weighted by Crippen LogP contribution is 2.23. The first-order valence-corrected chi connectivity index (χ1v) is 7.26. The molecule has 0 spiro atoms. The summed E-state index contributed by atoms with van der Waals surface area (Å²) in [6.45, 7) is 2.58. The third kappa shape index (κ3) is 2.72. The third-order valence-corrected chi connectivity index (χ3v) is 3.90. The van der Waals surface area contributed by atoms with Crippen LogP contribution in [0.3, 0.4) is 0 Å². The number of hydrogen-bond acceptors (Lipinski definition) is 3. The fraction of sp³-hybridized carbons (Fsp3) is 0.222. The van der Waals surface area contributed by atoms with E-state index in [1.807, 2.05) is 54.2 Å². The van der Waals surface area contributed by atoms with Crippen LogP contribution >= 0.6 is 0 Å². The molecule has 2 aromatic carbocycles. The van der Waals surface area contributed by atoms with Gasteiger partial charge in [0.05, 0.1) is 31.3 Å². The molecule has 1 heterocycles. The topological polar surface area (TPSA) is 44.1 Å². The van der Waals surface area contributed by atoms with Gasteiger partial charge in [0.1, 0.15) is 0 Å². The van der Waals surface area contributed by atoms with Gasteiger partial charge in [-0.05, 0) is 30.2 Å². The van der Waals surface area contributed by atoms with Crippen molar-refractivity contribution in [2.75, 3.05) is 7.11 Å². The molecule has 112 valence electrons. The summed E-state index contributed by atoms with van der Waals surface area (Å²) < 4.78 is 6.77. The van der Waals surface area contributed by atoms with Gasteiger partial charge in [-0.1, -0.05) is 36.4 Å². The Bertz CT molecular complexity index is 793. The van der Waals surface area contributed by atoms with Crippen molar-refractivity contribution in [3.05, 3.63) is 65.9 Å². The van der Waals surface area contributed by atoms with Gasteiger partial charge in [0.25, 0.3) is 0 Å². The van der Waals surface area contributed by atoms with Gasteiger partial charge in [0, 0.05) is 5.39 Å². The molecule has 3 aromatic rings. The smallest absolute Gasteiger partial charge is 0.312 e. The molecule has 3 rings (SSSR count). The lowest BCUT2D eigenvalue weighted by Gasteiger charge is -2.10. The van der Waals surface area contributed by atoms with E-state index in [1.165, 1.54) is 12.7 Å². The van der Waals surface area contributed by atoms with Crippen molar-refractivity contribution in [3.63, 3.8) is 0 Å². The zero-order valence-electron chi connectivity index (χ0n) is 12.7. The average molecular weight is 294 g/mol. The minimum atomic E-state index is -0.271. The zero-order chi connectivity index (χ0) is 15.5. The Kier molecular flexibility index (Phi) is 3.92. The minimum Gasteiger partial charge on any atom is -0.469 e. The number of benzene rings is 2. The molecule has 0 saturated heterocycles. The summed E-state index contributed by atoms with van der Waals surface area (Å²) in [6.07, 6.45) is 1.84. The van der Waals surface area contributed by atoms with E-state index < -0.39 is 0 Å². The average Bonchev–Trinajstić information content (AvgIpc) is 2.96. The molecule has 1 unspecified atom stereocenters. The highest BCUT2D eigenvalue weighted by Gasteiger charge is 2.16. The number of nitrogens with zero attached hydrogens (tertiary/aromatic N) is 2. The van der Waals surface area contributed by atoms with Crippen molar-refractivity contribution in [2.45, 2.75) is 19.4 Å². The third-order valence-electron chi connectivity index (χ3n) is 3.90. The van der Waals surface area contributed by atoms with Gasteiger partial charge in [0.15, 0.2) is 0 Å².